The molecule has 4 heterocycles. The summed E-state index contributed by atoms with van der Waals surface area (Å²) in [5.41, 5.74) is 2.22. The van der Waals surface area contributed by atoms with Gasteiger partial charge in [0.1, 0.15) is 5.82 Å². The zero-order chi connectivity index (χ0) is 22.3. The molecule has 2 saturated heterocycles. The molecule has 1 N–H and O–H groups in total. The largest absolute Gasteiger partial charge is 0.384 e. The summed E-state index contributed by atoms with van der Waals surface area (Å²) in [6.45, 7) is 6.39. The highest BCUT2D eigenvalue weighted by Gasteiger charge is 2.28. The van der Waals surface area contributed by atoms with Crippen LogP contribution >= 0.6 is 0 Å². The molecule has 4 rings (SSSR count). The Morgan fingerprint density at radius 2 is 2.09 bits per heavy atom. The van der Waals surface area contributed by atoms with E-state index in [9.17, 15) is 9.59 Å². The lowest BCUT2D eigenvalue weighted by Gasteiger charge is -2.34. The molecular formula is C24H36N4O4. The zero-order valence-electron chi connectivity index (χ0n) is 19.2. The highest BCUT2D eigenvalue weighted by Crippen LogP contribution is 2.29. The van der Waals surface area contributed by atoms with E-state index in [1.807, 2.05) is 4.90 Å². The van der Waals surface area contributed by atoms with Gasteiger partial charge < -0.3 is 19.4 Å². The first-order valence-corrected chi connectivity index (χ1v) is 12.0. The first kappa shape index (κ1) is 23.1. The summed E-state index contributed by atoms with van der Waals surface area (Å²) in [7, 11) is 1.61. The van der Waals surface area contributed by atoms with Crippen molar-refractivity contribution in [2.75, 3.05) is 59.7 Å². The van der Waals surface area contributed by atoms with Crippen molar-refractivity contribution in [3.8, 4) is 0 Å². The number of hydrogen-bond donors (Lipinski definition) is 1. The molecule has 1 aromatic heterocycles. The molecule has 3 aliphatic rings. The second-order valence-electron chi connectivity index (χ2n) is 9.23. The lowest BCUT2D eigenvalue weighted by molar-refractivity contribution is -0.133. The molecule has 0 bridgehead atoms. The van der Waals surface area contributed by atoms with Crippen molar-refractivity contribution in [3.63, 3.8) is 0 Å². The van der Waals surface area contributed by atoms with Gasteiger partial charge in [-0.05, 0) is 44.2 Å². The van der Waals surface area contributed by atoms with Crippen LogP contribution < -0.4 is 5.56 Å². The summed E-state index contributed by atoms with van der Waals surface area (Å²) in [5.74, 6) is 1.40. The average Bonchev–Trinajstić information content (AvgIpc) is 2.83. The van der Waals surface area contributed by atoms with Crippen molar-refractivity contribution in [2.45, 2.75) is 50.4 Å². The molecule has 8 nitrogen and oxygen atoms in total. The molecular weight excluding hydrogens is 408 g/mol. The normalized spacial score (nSPS) is 23.2. The molecule has 0 aromatic carbocycles. The van der Waals surface area contributed by atoms with Crippen LogP contribution in [-0.2, 0) is 14.3 Å². The molecule has 0 aliphatic carbocycles. The third-order valence-electron chi connectivity index (χ3n) is 6.87. The third-order valence-corrected chi connectivity index (χ3v) is 6.87. The number of nitrogens with one attached hydrogen (secondary N) is 1. The Hall–Kier alpha value is -2.03. The molecule has 0 unspecified atom stereocenters. The number of methoxy groups -OCH3 is 1. The number of likely N-dealkylation sites (tertiary alicyclic amines) is 2. The number of amides is 1. The minimum atomic E-state index is -0.0656. The summed E-state index contributed by atoms with van der Waals surface area (Å²) in [6.07, 6.45) is 7.57. The van der Waals surface area contributed by atoms with Crippen molar-refractivity contribution in [1.29, 1.82) is 0 Å². The fourth-order valence-corrected chi connectivity index (χ4v) is 5.09. The van der Waals surface area contributed by atoms with Gasteiger partial charge >= 0.3 is 0 Å². The van der Waals surface area contributed by atoms with E-state index in [4.69, 9.17) is 14.5 Å². The number of carbonyl (C=O) groups is 1. The fourth-order valence-electron chi connectivity index (χ4n) is 5.09. The number of ether oxygens (including phenoxy) is 2. The van der Waals surface area contributed by atoms with Crippen LogP contribution in [0.3, 0.4) is 0 Å². The van der Waals surface area contributed by atoms with Crippen molar-refractivity contribution < 1.29 is 14.3 Å². The van der Waals surface area contributed by atoms with E-state index in [0.717, 1.165) is 76.5 Å². The Morgan fingerprint density at radius 1 is 1.25 bits per heavy atom. The number of piperidine rings is 2. The summed E-state index contributed by atoms with van der Waals surface area (Å²) in [4.78, 5) is 37.0. The maximum Gasteiger partial charge on any atom is 0.251 e. The minimum Gasteiger partial charge on any atom is -0.384 e. The van der Waals surface area contributed by atoms with Crippen LogP contribution in [-0.4, -0.2) is 85.3 Å². The average molecular weight is 445 g/mol. The summed E-state index contributed by atoms with van der Waals surface area (Å²) >= 11 is 0. The molecule has 176 valence electrons. The van der Waals surface area contributed by atoms with Crippen molar-refractivity contribution >= 4 is 5.91 Å². The highest BCUT2D eigenvalue weighted by atomic mass is 16.5. The molecule has 2 fully saturated rings. The predicted molar refractivity (Wildman–Crippen MR) is 122 cm³/mol. The minimum absolute atomic E-state index is 0.0656. The molecule has 8 heteroatoms. The van der Waals surface area contributed by atoms with Gasteiger partial charge in [-0.15, -0.1) is 0 Å². The highest BCUT2D eigenvalue weighted by molar-refractivity contribution is 5.76. The van der Waals surface area contributed by atoms with E-state index in [0.29, 0.717) is 26.1 Å². The molecule has 1 aromatic rings. The number of rotatable bonds is 7. The summed E-state index contributed by atoms with van der Waals surface area (Å²) in [5, 5.41) is 0. The Morgan fingerprint density at radius 3 is 2.84 bits per heavy atom. The van der Waals surface area contributed by atoms with Gasteiger partial charge in [0.15, 0.2) is 0 Å². The number of carbonyl (C=O) groups excluding carboxylic acids is 1. The van der Waals surface area contributed by atoms with Crippen molar-refractivity contribution in [3.05, 3.63) is 39.6 Å². The maximum atomic E-state index is 12.5. The van der Waals surface area contributed by atoms with Gasteiger partial charge in [0.2, 0.25) is 5.91 Å². The van der Waals surface area contributed by atoms with Crippen LogP contribution in [0.4, 0.5) is 0 Å². The molecule has 0 radical (unpaired) electrons. The fraction of sp³-hybridized carbons (Fsp3) is 0.708. The number of H-pyrrole nitrogens is 1. The quantitative estimate of drug-likeness (QED) is 0.648. The van der Waals surface area contributed by atoms with Crippen LogP contribution in [0.5, 0.6) is 0 Å². The van der Waals surface area contributed by atoms with Gasteiger partial charge in [-0.25, -0.2) is 4.98 Å². The van der Waals surface area contributed by atoms with Gasteiger partial charge in [-0.1, -0.05) is 6.08 Å². The third kappa shape index (κ3) is 6.05. The van der Waals surface area contributed by atoms with Gasteiger partial charge in [0.25, 0.3) is 5.56 Å². The monoisotopic (exact) mass is 444 g/mol. The van der Waals surface area contributed by atoms with E-state index >= 15 is 0 Å². The second-order valence-corrected chi connectivity index (χ2v) is 9.23. The zero-order valence-corrected chi connectivity index (χ0v) is 19.2. The van der Waals surface area contributed by atoms with E-state index in [1.54, 1.807) is 13.2 Å². The molecule has 32 heavy (non-hydrogen) atoms. The van der Waals surface area contributed by atoms with Crippen molar-refractivity contribution in [1.82, 2.24) is 19.8 Å². The molecule has 0 saturated carbocycles. The number of nitrogens with zero attached hydrogens (tertiary/aromatic N) is 3. The summed E-state index contributed by atoms with van der Waals surface area (Å²) < 4.78 is 10.6. The Bertz CT molecular complexity index is 860. The Balaban J connectivity index is 1.38. The van der Waals surface area contributed by atoms with Gasteiger partial charge in [0.05, 0.1) is 31.9 Å². The summed E-state index contributed by atoms with van der Waals surface area (Å²) in [6, 6.07) is 1.68. The Kier molecular flexibility index (Phi) is 8.10. The topological polar surface area (TPSA) is 87.8 Å². The van der Waals surface area contributed by atoms with Crippen molar-refractivity contribution in [2.24, 2.45) is 0 Å². The van der Waals surface area contributed by atoms with E-state index in [2.05, 4.69) is 16.0 Å². The van der Waals surface area contributed by atoms with Gasteiger partial charge in [-0.3, -0.25) is 14.5 Å². The lowest BCUT2D eigenvalue weighted by atomic mass is 9.92. The number of hydrogen-bond acceptors (Lipinski definition) is 6. The van der Waals surface area contributed by atoms with E-state index in [1.165, 1.54) is 5.57 Å². The SMILES string of the molecule is COCCC(=O)N1CCC(c2nc([C@H]3CCCN(CC4=CCCOC4)C3)cc(=O)[nH]2)CC1. The lowest BCUT2D eigenvalue weighted by Crippen LogP contribution is -2.39. The first-order valence-electron chi connectivity index (χ1n) is 12.0. The van der Waals surface area contributed by atoms with Crippen LogP contribution in [0.2, 0.25) is 0 Å². The standard InChI is InChI=1S/C24H36N4O4/c1-31-13-8-23(30)28-10-6-19(7-11-28)24-25-21(14-22(29)26-24)20-5-2-9-27(16-20)15-18-4-3-12-32-17-18/h4,14,19-20H,2-3,5-13,15-17H2,1H3,(H,25,26,29)/t20-/m0/s1. The Labute approximate surface area is 190 Å². The van der Waals surface area contributed by atoms with E-state index < -0.39 is 0 Å². The van der Waals surface area contributed by atoms with Crippen LogP contribution in [0.15, 0.2) is 22.5 Å². The predicted octanol–water partition coefficient (Wildman–Crippen LogP) is 2.04. The first-order chi connectivity index (χ1) is 15.6. The molecule has 0 spiro atoms. The van der Waals surface area contributed by atoms with Crippen LogP contribution in [0, 0.1) is 0 Å². The smallest absolute Gasteiger partial charge is 0.251 e. The molecule has 1 atom stereocenters. The number of aromatic nitrogens is 2. The van der Waals surface area contributed by atoms with Gasteiger partial charge in [0, 0.05) is 51.2 Å². The number of aromatic amines is 1. The van der Waals surface area contributed by atoms with Crippen LogP contribution in [0.25, 0.3) is 0 Å². The molecule has 3 aliphatic heterocycles. The second kappa shape index (κ2) is 11.2. The van der Waals surface area contributed by atoms with E-state index in [-0.39, 0.29) is 23.3 Å². The van der Waals surface area contributed by atoms with Gasteiger partial charge in [-0.2, -0.15) is 0 Å². The van der Waals surface area contributed by atoms with Crippen LogP contribution in [0.1, 0.15) is 61.9 Å². The molecule has 1 amide bonds. The maximum absolute atomic E-state index is 12.5.